The van der Waals surface area contributed by atoms with Crippen LogP contribution in [0.1, 0.15) is 13.3 Å². The molecule has 8 nitrogen and oxygen atoms in total. The van der Waals surface area contributed by atoms with E-state index in [1.807, 2.05) is 0 Å². The number of hydrazone groups is 1. The molecule has 1 atom stereocenters. The van der Waals surface area contributed by atoms with Gasteiger partial charge in [-0.25, -0.2) is 5.01 Å². The van der Waals surface area contributed by atoms with Gasteiger partial charge < -0.3 is 4.74 Å². The Balaban J connectivity index is 2.20. The maximum atomic E-state index is 12.3. The lowest BCUT2D eigenvalue weighted by atomic mass is 10.0. The van der Waals surface area contributed by atoms with Gasteiger partial charge in [-0.05, 0) is 19.1 Å². The van der Waals surface area contributed by atoms with Crippen LogP contribution in [0.5, 0.6) is 0 Å². The molecule has 0 bridgehead atoms. The molecule has 2 rings (SSSR count). The van der Waals surface area contributed by atoms with Gasteiger partial charge in [-0.1, -0.05) is 0 Å². The van der Waals surface area contributed by atoms with Crippen molar-refractivity contribution < 1.29 is 19.2 Å². The smallest absolute Gasteiger partial charge is 0.306 e. The summed E-state index contributed by atoms with van der Waals surface area (Å²) in [5.74, 6) is -1.51. The lowest BCUT2D eigenvalue weighted by Gasteiger charge is -2.13. The van der Waals surface area contributed by atoms with Crippen molar-refractivity contribution in [2.75, 3.05) is 12.1 Å². The molecule has 0 radical (unpaired) electrons. The lowest BCUT2D eigenvalue weighted by molar-refractivity contribution is -0.384. The summed E-state index contributed by atoms with van der Waals surface area (Å²) in [4.78, 5) is 33.6. The predicted octanol–water partition coefficient (Wildman–Crippen LogP) is 1.50. The zero-order chi connectivity index (χ0) is 15.6. The highest BCUT2D eigenvalue weighted by Gasteiger charge is 2.36. The average Bonchev–Trinajstić information content (AvgIpc) is 2.75. The minimum absolute atomic E-state index is 0.0720. The number of esters is 1. The average molecular weight is 291 g/mol. The molecule has 1 heterocycles. The van der Waals surface area contributed by atoms with Gasteiger partial charge in [-0.2, -0.15) is 5.10 Å². The molecule has 0 spiro atoms. The van der Waals surface area contributed by atoms with Gasteiger partial charge in [-0.15, -0.1) is 0 Å². The van der Waals surface area contributed by atoms with Crippen LogP contribution >= 0.6 is 0 Å². The first-order valence-electron chi connectivity index (χ1n) is 6.14. The van der Waals surface area contributed by atoms with E-state index < -0.39 is 16.8 Å². The number of nitro benzene ring substituents is 1. The largest absolute Gasteiger partial charge is 0.469 e. The number of benzene rings is 1. The van der Waals surface area contributed by atoms with Crippen molar-refractivity contribution >= 4 is 29.0 Å². The first-order valence-corrected chi connectivity index (χ1v) is 6.14. The Morgan fingerprint density at radius 1 is 1.43 bits per heavy atom. The van der Waals surface area contributed by atoms with E-state index >= 15 is 0 Å². The number of anilines is 1. The predicted molar refractivity (Wildman–Crippen MR) is 73.8 cm³/mol. The van der Waals surface area contributed by atoms with E-state index in [4.69, 9.17) is 0 Å². The molecule has 1 amide bonds. The summed E-state index contributed by atoms with van der Waals surface area (Å²) in [5.41, 5.74) is 0.846. The Morgan fingerprint density at radius 2 is 2.05 bits per heavy atom. The van der Waals surface area contributed by atoms with Gasteiger partial charge in [0.2, 0.25) is 0 Å². The van der Waals surface area contributed by atoms with E-state index in [0.717, 1.165) is 5.01 Å². The SMILES string of the molecule is COC(=O)CC1C(=O)N(c2ccc([N+](=O)[O-])cc2)N=C1C. The van der Waals surface area contributed by atoms with E-state index in [1.54, 1.807) is 6.92 Å². The van der Waals surface area contributed by atoms with Crippen LogP contribution in [0.25, 0.3) is 0 Å². The number of hydrogen-bond donors (Lipinski definition) is 0. The summed E-state index contributed by atoms with van der Waals surface area (Å²) in [7, 11) is 1.25. The molecule has 1 aliphatic heterocycles. The van der Waals surface area contributed by atoms with Gasteiger partial charge in [0, 0.05) is 17.8 Å². The van der Waals surface area contributed by atoms with Crippen LogP contribution in [0.2, 0.25) is 0 Å². The van der Waals surface area contributed by atoms with Crippen LogP contribution in [-0.2, 0) is 14.3 Å². The summed E-state index contributed by atoms with van der Waals surface area (Å²) in [6, 6.07) is 5.46. The number of ether oxygens (including phenoxy) is 1. The van der Waals surface area contributed by atoms with E-state index in [2.05, 4.69) is 9.84 Å². The molecule has 110 valence electrons. The van der Waals surface area contributed by atoms with E-state index in [-0.39, 0.29) is 18.0 Å². The third kappa shape index (κ3) is 2.88. The molecule has 0 saturated carbocycles. The Bertz CT molecular complexity index is 623. The number of amides is 1. The number of hydrogen-bond acceptors (Lipinski definition) is 6. The highest BCUT2D eigenvalue weighted by atomic mass is 16.6. The van der Waals surface area contributed by atoms with E-state index in [1.165, 1.54) is 31.4 Å². The normalized spacial score (nSPS) is 17.6. The highest BCUT2D eigenvalue weighted by Crippen LogP contribution is 2.27. The quantitative estimate of drug-likeness (QED) is 0.475. The van der Waals surface area contributed by atoms with Crippen LogP contribution in [0.4, 0.5) is 11.4 Å². The Morgan fingerprint density at radius 3 is 2.57 bits per heavy atom. The van der Waals surface area contributed by atoms with Crippen LogP contribution in [0.15, 0.2) is 29.4 Å². The summed E-state index contributed by atoms with van der Waals surface area (Å²) in [6.07, 6.45) is -0.0752. The number of carbonyl (C=O) groups excluding carboxylic acids is 2. The van der Waals surface area contributed by atoms with Crippen molar-refractivity contribution in [3.63, 3.8) is 0 Å². The monoisotopic (exact) mass is 291 g/mol. The number of methoxy groups -OCH3 is 1. The Kier molecular flexibility index (Phi) is 3.97. The molecule has 1 aromatic carbocycles. The molecule has 0 aliphatic carbocycles. The van der Waals surface area contributed by atoms with Gasteiger partial charge in [0.1, 0.15) is 0 Å². The maximum Gasteiger partial charge on any atom is 0.306 e. The van der Waals surface area contributed by atoms with Crippen LogP contribution in [0, 0.1) is 16.0 Å². The second-order valence-electron chi connectivity index (χ2n) is 4.50. The highest BCUT2D eigenvalue weighted by molar-refractivity contribution is 6.16. The zero-order valence-corrected chi connectivity index (χ0v) is 11.5. The molecule has 1 aliphatic rings. The number of rotatable bonds is 4. The minimum Gasteiger partial charge on any atom is -0.469 e. The summed E-state index contributed by atoms with van der Waals surface area (Å²) < 4.78 is 4.55. The van der Waals surface area contributed by atoms with Crippen LogP contribution in [0.3, 0.4) is 0 Å². The number of nitrogens with zero attached hydrogens (tertiary/aromatic N) is 3. The molecular weight excluding hydrogens is 278 g/mol. The minimum atomic E-state index is -0.660. The first kappa shape index (κ1) is 14.6. The van der Waals surface area contributed by atoms with Gasteiger partial charge >= 0.3 is 5.97 Å². The fourth-order valence-electron chi connectivity index (χ4n) is 1.99. The second kappa shape index (κ2) is 5.70. The fraction of sp³-hybridized carbons (Fsp3) is 0.308. The molecule has 0 saturated heterocycles. The van der Waals surface area contributed by atoms with Crippen molar-refractivity contribution in [3.05, 3.63) is 34.4 Å². The van der Waals surface area contributed by atoms with Crippen LogP contribution < -0.4 is 5.01 Å². The maximum absolute atomic E-state index is 12.3. The van der Waals surface area contributed by atoms with Gasteiger partial charge in [0.15, 0.2) is 0 Å². The molecule has 1 aromatic rings. The summed E-state index contributed by atoms with van der Waals surface area (Å²) in [5, 5.41) is 15.9. The molecule has 8 heteroatoms. The molecule has 21 heavy (non-hydrogen) atoms. The third-order valence-corrected chi connectivity index (χ3v) is 3.17. The molecule has 1 unspecified atom stereocenters. The van der Waals surface area contributed by atoms with Crippen molar-refractivity contribution in [1.29, 1.82) is 0 Å². The summed E-state index contributed by atoms with van der Waals surface area (Å²) in [6.45, 7) is 1.65. The van der Waals surface area contributed by atoms with E-state index in [9.17, 15) is 19.7 Å². The van der Waals surface area contributed by atoms with Crippen molar-refractivity contribution in [2.24, 2.45) is 11.0 Å². The van der Waals surface area contributed by atoms with E-state index in [0.29, 0.717) is 11.4 Å². The van der Waals surface area contributed by atoms with Gasteiger partial charge in [-0.3, -0.25) is 19.7 Å². The third-order valence-electron chi connectivity index (χ3n) is 3.17. The number of carbonyl (C=O) groups is 2. The zero-order valence-electron chi connectivity index (χ0n) is 11.5. The van der Waals surface area contributed by atoms with Gasteiger partial charge in [0.05, 0.1) is 30.1 Å². The number of nitro groups is 1. The Hall–Kier alpha value is -2.77. The fourth-order valence-corrected chi connectivity index (χ4v) is 1.99. The first-order chi connectivity index (χ1) is 9.93. The molecular formula is C13H13N3O5. The van der Waals surface area contributed by atoms with Crippen molar-refractivity contribution in [2.45, 2.75) is 13.3 Å². The van der Waals surface area contributed by atoms with Gasteiger partial charge in [0.25, 0.3) is 11.6 Å². The van der Waals surface area contributed by atoms with Crippen molar-refractivity contribution in [3.8, 4) is 0 Å². The van der Waals surface area contributed by atoms with Crippen LogP contribution in [-0.4, -0.2) is 29.6 Å². The lowest BCUT2D eigenvalue weighted by Crippen LogP contribution is -2.29. The molecule has 0 aromatic heterocycles. The molecule has 0 N–H and O–H groups in total. The van der Waals surface area contributed by atoms with Crippen molar-refractivity contribution in [1.82, 2.24) is 0 Å². The summed E-state index contributed by atoms with van der Waals surface area (Å²) >= 11 is 0. The standard InChI is InChI=1S/C13H13N3O5/c1-8-11(7-12(17)21-2)13(18)15(14-8)9-3-5-10(6-4-9)16(19)20/h3-6,11H,7H2,1-2H3. The Labute approximate surface area is 120 Å². The number of non-ortho nitro benzene ring substituents is 1. The topological polar surface area (TPSA) is 102 Å². The molecule has 0 fully saturated rings. The second-order valence-corrected chi connectivity index (χ2v) is 4.50.